The van der Waals surface area contributed by atoms with Gasteiger partial charge in [-0.05, 0) is 43.2 Å². The molecule has 0 aliphatic heterocycles. The summed E-state index contributed by atoms with van der Waals surface area (Å²) < 4.78 is 0. The first-order chi connectivity index (χ1) is 8.18. The number of aryl methyl sites for hydroxylation is 2. The van der Waals surface area contributed by atoms with Gasteiger partial charge in [-0.1, -0.05) is 6.07 Å². The second-order valence-corrected chi connectivity index (χ2v) is 4.28. The van der Waals surface area contributed by atoms with E-state index >= 15 is 0 Å². The van der Waals surface area contributed by atoms with Crippen LogP contribution >= 0.6 is 0 Å². The highest BCUT2D eigenvalue weighted by Crippen LogP contribution is 2.19. The van der Waals surface area contributed by atoms with Crippen molar-refractivity contribution in [2.75, 3.05) is 0 Å². The summed E-state index contributed by atoms with van der Waals surface area (Å²) in [6.07, 6.45) is 1.69. The third-order valence-electron chi connectivity index (χ3n) is 3.28. The zero-order valence-electron chi connectivity index (χ0n) is 9.74. The molecule has 0 bridgehead atoms. The van der Waals surface area contributed by atoms with Gasteiger partial charge < -0.3 is 4.98 Å². The maximum absolute atomic E-state index is 12.3. The number of benzene rings is 1. The first kappa shape index (κ1) is 10.0. The number of rotatable bonds is 0. The van der Waals surface area contributed by atoms with Gasteiger partial charge in [0.1, 0.15) is 5.65 Å². The third kappa shape index (κ3) is 1.35. The molecule has 0 radical (unpaired) electrons. The molecule has 2 aromatic heterocycles. The molecule has 0 aliphatic carbocycles. The molecule has 0 aliphatic rings. The molecule has 3 nitrogen and oxygen atoms in total. The number of nitrogens with zero attached hydrogens (tertiary/aromatic N) is 1. The van der Waals surface area contributed by atoms with E-state index in [1.807, 2.05) is 26.0 Å². The minimum absolute atomic E-state index is 0.0463. The molecule has 1 N–H and O–H groups in total. The Morgan fingerprint density at radius 3 is 2.76 bits per heavy atom. The molecular formula is C14H12N2O. The standard InChI is InChI=1S/C14H12N2O/c1-8-5-6-10-12(9(8)2)16-14-11(13(10)17)4-3-7-15-14/h3-7H,1-2H3,(H,15,16,17). The quantitative estimate of drug-likeness (QED) is 0.597. The molecule has 0 saturated carbocycles. The van der Waals surface area contributed by atoms with Crippen molar-refractivity contribution >= 4 is 21.9 Å². The lowest BCUT2D eigenvalue weighted by Crippen LogP contribution is -2.06. The van der Waals surface area contributed by atoms with Gasteiger partial charge >= 0.3 is 0 Å². The van der Waals surface area contributed by atoms with Gasteiger partial charge in [-0.25, -0.2) is 4.98 Å². The number of pyridine rings is 2. The highest BCUT2D eigenvalue weighted by Gasteiger charge is 2.08. The molecule has 3 aromatic rings. The Morgan fingerprint density at radius 1 is 1.12 bits per heavy atom. The summed E-state index contributed by atoms with van der Waals surface area (Å²) in [5, 5.41) is 1.37. The van der Waals surface area contributed by atoms with Crippen molar-refractivity contribution in [2.24, 2.45) is 0 Å². The average Bonchev–Trinajstić information content (AvgIpc) is 2.35. The second-order valence-electron chi connectivity index (χ2n) is 4.28. The van der Waals surface area contributed by atoms with Gasteiger partial charge in [0.25, 0.3) is 0 Å². The molecule has 0 amide bonds. The van der Waals surface area contributed by atoms with Crippen molar-refractivity contribution in [3.63, 3.8) is 0 Å². The highest BCUT2D eigenvalue weighted by molar-refractivity contribution is 5.92. The normalized spacial score (nSPS) is 11.2. The van der Waals surface area contributed by atoms with E-state index in [-0.39, 0.29) is 5.43 Å². The van der Waals surface area contributed by atoms with Crippen molar-refractivity contribution < 1.29 is 0 Å². The lowest BCUT2D eigenvalue weighted by molar-refractivity contribution is 1.28. The smallest absolute Gasteiger partial charge is 0.198 e. The maximum Gasteiger partial charge on any atom is 0.198 e. The topological polar surface area (TPSA) is 45.8 Å². The molecule has 3 heteroatoms. The summed E-state index contributed by atoms with van der Waals surface area (Å²) in [6, 6.07) is 7.44. The van der Waals surface area contributed by atoms with Gasteiger partial charge in [0.2, 0.25) is 0 Å². The van der Waals surface area contributed by atoms with Gasteiger partial charge in [-0.15, -0.1) is 0 Å². The van der Waals surface area contributed by atoms with Gasteiger partial charge in [0, 0.05) is 11.6 Å². The number of aromatic nitrogens is 2. The fourth-order valence-electron chi connectivity index (χ4n) is 2.12. The van der Waals surface area contributed by atoms with Gasteiger partial charge in [-0.2, -0.15) is 0 Å². The summed E-state index contributed by atoms with van der Waals surface area (Å²) in [7, 11) is 0. The van der Waals surface area contributed by atoms with E-state index in [0.717, 1.165) is 16.5 Å². The Bertz CT molecular complexity index is 787. The molecule has 84 valence electrons. The first-order valence-corrected chi connectivity index (χ1v) is 5.55. The van der Waals surface area contributed by atoms with Crippen LogP contribution in [0.3, 0.4) is 0 Å². The number of aromatic amines is 1. The van der Waals surface area contributed by atoms with Gasteiger partial charge in [0.15, 0.2) is 5.43 Å². The number of nitrogens with one attached hydrogen (secondary N) is 1. The summed E-state index contributed by atoms with van der Waals surface area (Å²) in [6.45, 7) is 4.05. The number of H-pyrrole nitrogens is 1. The SMILES string of the molecule is Cc1ccc2c(=O)c3cccnc3[nH]c2c1C. The molecule has 2 heterocycles. The van der Waals surface area contributed by atoms with Crippen molar-refractivity contribution in [3.05, 3.63) is 51.8 Å². The van der Waals surface area contributed by atoms with Crippen LogP contribution in [0.5, 0.6) is 0 Å². The van der Waals surface area contributed by atoms with Crippen LogP contribution in [0.25, 0.3) is 21.9 Å². The molecule has 0 saturated heterocycles. The lowest BCUT2D eigenvalue weighted by Gasteiger charge is -2.06. The number of fused-ring (bicyclic) bond motifs is 2. The molecular weight excluding hydrogens is 212 g/mol. The Balaban J connectivity index is 2.64. The van der Waals surface area contributed by atoms with Crippen LogP contribution in [-0.2, 0) is 0 Å². The average molecular weight is 224 g/mol. The van der Waals surface area contributed by atoms with E-state index < -0.39 is 0 Å². The Morgan fingerprint density at radius 2 is 1.94 bits per heavy atom. The largest absolute Gasteiger partial charge is 0.339 e. The molecule has 1 aromatic carbocycles. The monoisotopic (exact) mass is 224 g/mol. The minimum atomic E-state index is 0.0463. The summed E-state index contributed by atoms with van der Waals surface area (Å²) in [5.41, 5.74) is 3.86. The van der Waals surface area contributed by atoms with Crippen LogP contribution in [0.4, 0.5) is 0 Å². The molecule has 0 unspecified atom stereocenters. The van der Waals surface area contributed by atoms with Gasteiger partial charge in [0.05, 0.1) is 10.9 Å². The first-order valence-electron chi connectivity index (χ1n) is 5.55. The number of hydrogen-bond acceptors (Lipinski definition) is 2. The minimum Gasteiger partial charge on any atom is -0.339 e. The molecule has 0 fully saturated rings. The predicted molar refractivity (Wildman–Crippen MR) is 69.3 cm³/mol. The van der Waals surface area contributed by atoms with Crippen LogP contribution < -0.4 is 5.43 Å². The second kappa shape index (κ2) is 3.42. The van der Waals surface area contributed by atoms with E-state index in [9.17, 15) is 4.79 Å². The van der Waals surface area contributed by atoms with E-state index in [1.165, 1.54) is 5.56 Å². The van der Waals surface area contributed by atoms with Crippen molar-refractivity contribution in [2.45, 2.75) is 13.8 Å². The summed E-state index contributed by atoms with van der Waals surface area (Å²) in [5.74, 6) is 0. The molecule has 0 spiro atoms. The Labute approximate surface area is 98.1 Å². The Kier molecular flexibility index (Phi) is 2.01. The molecule has 3 rings (SSSR count). The van der Waals surface area contributed by atoms with Crippen LogP contribution in [-0.4, -0.2) is 9.97 Å². The summed E-state index contributed by atoms with van der Waals surface area (Å²) in [4.78, 5) is 19.7. The maximum atomic E-state index is 12.3. The fraction of sp³-hybridized carbons (Fsp3) is 0.143. The van der Waals surface area contributed by atoms with Crippen LogP contribution in [0.2, 0.25) is 0 Å². The molecule has 0 atom stereocenters. The van der Waals surface area contributed by atoms with E-state index in [0.29, 0.717) is 11.0 Å². The zero-order chi connectivity index (χ0) is 12.0. The Hall–Kier alpha value is -2.16. The van der Waals surface area contributed by atoms with Crippen molar-refractivity contribution in [1.29, 1.82) is 0 Å². The lowest BCUT2D eigenvalue weighted by atomic mass is 10.0. The number of hydrogen-bond donors (Lipinski definition) is 1. The molecule has 17 heavy (non-hydrogen) atoms. The van der Waals surface area contributed by atoms with E-state index in [4.69, 9.17) is 0 Å². The van der Waals surface area contributed by atoms with Crippen molar-refractivity contribution in [1.82, 2.24) is 9.97 Å². The van der Waals surface area contributed by atoms with Gasteiger partial charge in [-0.3, -0.25) is 4.79 Å². The predicted octanol–water partition coefficient (Wildman–Crippen LogP) is 2.69. The van der Waals surface area contributed by atoms with Crippen LogP contribution in [0.15, 0.2) is 35.3 Å². The third-order valence-corrected chi connectivity index (χ3v) is 3.28. The van der Waals surface area contributed by atoms with E-state index in [2.05, 4.69) is 9.97 Å². The van der Waals surface area contributed by atoms with Crippen LogP contribution in [0, 0.1) is 13.8 Å². The van der Waals surface area contributed by atoms with E-state index in [1.54, 1.807) is 18.3 Å². The zero-order valence-corrected chi connectivity index (χ0v) is 9.74. The summed E-state index contributed by atoms with van der Waals surface area (Å²) >= 11 is 0. The van der Waals surface area contributed by atoms with Crippen molar-refractivity contribution in [3.8, 4) is 0 Å². The fourth-order valence-corrected chi connectivity index (χ4v) is 2.12. The van der Waals surface area contributed by atoms with Crippen LogP contribution in [0.1, 0.15) is 11.1 Å². The highest BCUT2D eigenvalue weighted by atomic mass is 16.1.